The molecular formula is C24H35NO2. The SMILES string of the molecule is Cc1cc(OCC(=O)N[C@H](C)C23CC4CC(CC(C4)C2)C3)ccc1C(C)C. The number of ether oxygens (including phenoxy) is 1. The molecule has 0 unspecified atom stereocenters. The van der Waals surface area contributed by atoms with Gasteiger partial charge in [0, 0.05) is 6.04 Å². The summed E-state index contributed by atoms with van der Waals surface area (Å²) < 4.78 is 5.79. The van der Waals surface area contributed by atoms with Gasteiger partial charge in [0.15, 0.2) is 6.61 Å². The number of hydrogen-bond donors (Lipinski definition) is 1. The van der Waals surface area contributed by atoms with E-state index in [-0.39, 0.29) is 18.6 Å². The van der Waals surface area contributed by atoms with Gasteiger partial charge in [0.2, 0.25) is 0 Å². The molecule has 1 aromatic rings. The molecule has 1 N–H and O–H groups in total. The van der Waals surface area contributed by atoms with Gasteiger partial charge in [0.25, 0.3) is 5.91 Å². The molecule has 27 heavy (non-hydrogen) atoms. The summed E-state index contributed by atoms with van der Waals surface area (Å²) >= 11 is 0. The van der Waals surface area contributed by atoms with E-state index in [2.05, 4.69) is 39.1 Å². The first-order chi connectivity index (χ1) is 12.8. The van der Waals surface area contributed by atoms with Crippen LogP contribution in [-0.2, 0) is 4.79 Å². The Kier molecular flexibility index (Phi) is 4.98. The van der Waals surface area contributed by atoms with Crippen LogP contribution in [0.4, 0.5) is 0 Å². The van der Waals surface area contributed by atoms with Crippen LogP contribution in [0.3, 0.4) is 0 Å². The Morgan fingerprint density at radius 1 is 1.11 bits per heavy atom. The maximum Gasteiger partial charge on any atom is 0.258 e. The summed E-state index contributed by atoms with van der Waals surface area (Å²) in [4.78, 5) is 12.5. The number of carbonyl (C=O) groups excluding carboxylic acids is 1. The van der Waals surface area contributed by atoms with Crippen LogP contribution in [0, 0.1) is 30.1 Å². The second kappa shape index (κ2) is 7.14. The summed E-state index contributed by atoms with van der Waals surface area (Å²) in [6, 6.07) is 6.40. The van der Waals surface area contributed by atoms with E-state index >= 15 is 0 Å². The molecule has 0 spiro atoms. The number of nitrogens with one attached hydrogen (secondary N) is 1. The minimum atomic E-state index is 0.0174. The molecule has 4 bridgehead atoms. The molecule has 0 aliphatic heterocycles. The van der Waals surface area contributed by atoms with Crippen molar-refractivity contribution in [2.75, 3.05) is 6.61 Å². The molecule has 1 aromatic carbocycles. The molecule has 4 aliphatic carbocycles. The van der Waals surface area contributed by atoms with E-state index in [1.807, 2.05) is 12.1 Å². The van der Waals surface area contributed by atoms with Crippen molar-refractivity contribution in [1.29, 1.82) is 0 Å². The predicted octanol–water partition coefficient (Wildman–Crippen LogP) is 5.22. The molecule has 3 nitrogen and oxygen atoms in total. The lowest BCUT2D eigenvalue weighted by Gasteiger charge is -2.59. The van der Waals surface area contributed by atoms with Gasteiger partial charge in [-0.2, -0.15) is 0 Å². The summed E-state index contributed by atoms with van der Waals surface area (Å²) in [7, 11) is 0. The van der Waals surface area contributed by atoms with Crippen molar-refractivity contribution in [1.82, 2.24) is 5.32 Å². The third-order valence-corrected chi connectivity index (χ3v) is 7.61. The largest absolute Gasteiger partial charge is 0.484 e. The Morgan fingerprint density at radius 3 is 2.22 bits per heavy atom. The second-order valence-electron chi connectivity index (χ2n) is 10.0. The van der Waals surface area contributed by atoms with Gasteiger partial charge < -0.3 is 10.1 Å². The van der Waals surface area contributed by atoms with Crippen molar-refractivity contribution >= 4 is 5.91 Å². The zero-order valence-electron chi connectivity index (χ0n) is 17.4. The number of aryl methyl sites for hydroxylation is 1. The normalized spacial score (nSPS) is 32.6. The third-order valence-electron chi connectivity index (χ3n) is 7.61. The van der Waals surface area contributed by atoms with Crippen LogP contribution in [0.5, 0.6) is 5.75 Å². The smallest absolute Gasteiger partial charge is 0.258 e. The first-order valence-electron chi connectivity index (χ1n) is 10.9. The van der Waals surface area contributed by atoms with Crippen LogP contribution in [0.1, 0.15) is 76.3 Å². The minimum Gasteiger partial charge on any atom is -0.484 e. The topological polar surface area (TPSA) is 38.3 Å². The summed E-state index contributed by atoms with van der Waals surface area (Å²) in [5, 5.41) is 3.29. The lowest BCUT2D eigenvalue weighted by Crippen LogP contribution is -2.56. The third kappa shape index (κ3) is 3.75. The summed E-state index contributed by atoms with van der Waals surface area (Å²) in [5.74, 6) is 4.04. The standard InChI is InChI=1S/C24H35NO2/c1-15(2)22-6-5-21(7-16(22)3)27-14-23(26)25-17(4)24-11-18-8-19(12-24)10-20(9-18)13-24/h5-7,15,17-20H,8-14H2,1-4H3,(H,25,26)/t17-,18?,19?,20?,24?/m1/s1. The highest BCUT2D eigenvalue weighted by Gasteiger charge is 2.53. The maximum absolute atomic E-state index is 12.5. The summed E-state index contributed by atoms with van der Waals surface area (Å²) in [6.45, 7) is 8.84. The fourth-order valence-electron chi connectivity index (χ4n) is 6.68. The number of hydrogen-bond acceptors (Lipinski definition) is 2. The van der Waals surface area contributed by atoms with Gasteiger partial charge in [0.05, 0.1) is 0 Å². The van der Waals surface area contributed by atoms with Crippen molar-refractivity contribution in [2.45, 2.75) is 78.2 Å². The van der Waals surface area contributed by atoms with E-state index < -0.39 is 0 Å². The Morgan fingerprint density at radius 2 is 1.70 bits per heavy atom. The fraction of sp³-hybridized carbons (Fsp3) is 0.708. The average molecular weight is 370 g/mol. The number of carbonyl (C=O) groups is 1. The molecule has 0 saturated heterocycles. The summed E-state index contributed by atoms with van der Waals surface area (Å²) in [5.41, 5.74) is 2.91. The molecule has 5 rings (SSSR count). The molecular weight excluding hydrogens is 334 g/mol. The molecule has 4 saturated carbocycles. The molecule has 3 heteroatoms. The minimum absolute atomic E-state index is 0.0174. The zero-order valence-corrected chi connectivity index (χ0v) is 17.4. The maximum atomic E-state index is 12.5. The Bertz CT molecular complexity index is 673. The molecule has 4 aliphatic rings. The van der Waals surface area contributed by atoms with Crippen molar-refractivity contribution < 1.29 is 9.53 Å². The van der Waals surface area contributed by atoms with Gasteiger partial charge in [-0.25, -0.2) is 0 Å². The van der Waals surface area contributed by atoms with Crippen molar-refractivity contribution in [3.8, 4) is 5.75 Å². The van der Waals surface area contributed by atoms with E-state index in [4.69, 9.17) is 4.74 Å². The molecule has 4 fully saturated rings. The van der Waals surface area contributed by atoms with Gasteiger partial charge in [-0.15, -0.1) is 0 Å². The van der Waals surface area contributed by atoms with E-state index in [0.717, 1.165) is 23.5 Å². The van der Waals surface area contributed by atoms with Gasteiger partial charge in [-0.05, 0) is 105 Å². The lowest BCUT2D eigenvalue weighted by atomic mass is 9.48. The van der Waals surface area contributed by atoms with Gasteiger partial charge >= 0.3 is 0 Å². The Balaban J connectivity index is 1.32. The quantitative estimate of drug-likeness (QED) is 0.747. The number of rotatable bonds is 6. The van der Waals surface area contributed by atoms with E-state index in [0.29, 0.717) is 11.3 Å². The van der Waals surface area contributed by atoms with Crippen LogP contribution >= 0.6 is 0 Å². The van der Waals surface area contributed by atoms with Gasteiger partial charge in [-0.1, -0.05) is 19.9 Å². The van der Waals surface area contributed by atoms with Crippen molar-refractivity contribution in [2.24, 2.45) is 23.2 Å². The van der Waals surface area contributed by atoms with Crippen molar-refractivity contribution in [3.63, 3.8) is 0 Å². The van der Waals surface area contributed by atoms with E-state index in [9.17, 15) is 4.79 Å². The van der Waals surface area contributed by atoms with Crippen LogP contribution < -0.4 is 10.1 Å². The summed E-state index contributed by atoms with van der Waals surface area (Å²) in [6.07, 6.45) is 8.27. The zero-order chi connectivity index (χ0) is 19.2. The molecule has 0 aromatic heterocycles. The number of amides is 1. The highest BCUT2D eigenvalue weighted by molar-refractivity contribution is 5.78. The average Bonchev–Trinajstić information content (AvgIpc) is 2.58. The van der Waals surface area contributed by atoms with Crippen LogP contribution in [0.2, 0.25) is 0 Å². The van der Waals surface area contributed by atoms with Crippen molar-refractivity contribution in [3.05, 3.63) is 29.3 Å². The van der Waals surface area contributed by atoms with E-state index in [1.54, 1.807) is 0 Å². The van der Waals surface area contributed by atoms with Crippen LogP contribution in [0.15, 0.2) is 18.2 Å². The molecule has 0 heterocycles. The number of benzene rings is 1. The van der Waals surface area contributed by atoms with Crippen LogP contribution in [0.25, 0.3) is 0 Å². The van der Waals surface area contributed by atoms with Crippen LogP contribution in [-0.4, -0.2) is 18.6 Å². The van der Waals surface area contributed by atoms with Gasteiger partial charge in [0.1, 0.15) is 5.75 Å². The molecule has 1 atom stereocenters. The second-order valence-corrected chi connectivity index (χ2v) is 10.0. The fourth-order valence-corrected chi connectivity index (χ4v) is 6.68. The predicted molar refractivity (Wildman–Crippen MR) is 109 cm³/mol. The molecule has 148 valence electrons. The lowest BCUT2D eigenvalue weighted by molar-refractivity contribution is -0.127. The monoisotopic (exact) mass is 369 g/mol. The first-order valence-corrected chi connectivity index (χ1v) is 10.9. The Labute approximate surface area is 164 Å². The van der Waals surface area contributed by atoms with E-state index in [1.165, 1.54) is 49.7 Å². The highest BCUT2D eigenvalue weighted by Crippen LogP contribution is 2.61. The molecule has 1 amide bonds. The first kappa shape index (κ1) is 18.8. The Hall–Kier alpha value is -1.51. The van der Waals surface area contributed by atoms with Gasteiger partial charge in [-0.3, -0.25) is 4.79 Å². The highest BCUT2D eigenvalue weighted by atomic mass is 16.5. The molecule has 0 radical (unpaired) electrons.